The molecule has 2 N–H and O–H groups in total. The number of nitrogens with zero attached hydrogens (tertiary/aromatic N) is 3. The molecule has 0 bridgehead atoms. The van der Waals surface area contributed by atoms with E-state index in [1.165, 1.54) is 0 Å². The molecule has 1 aromatic carbocycles. The lowest BCUT2D eigenvalue weighted by Gasteiger charge is -2.36. The summed E-state index contributed by atoms with van der Waals surface area (Å²) < 4.78 is 16.1. The number of amides is 1. The quantitative estimate of drug-likeness (QED) is 0.291. The Morgan fingerprint density at radius 3 is 2.53 bits per heavy atom. The summed E-state index contributed by atoms with van der Waals surface area (Å²) >= 11 is 0. The Kier molecular flexibility index (Phi) is 10.6. The highest BCUT2D eigenvalue weighted by molar-refractivity contribution is 14.0. The first-order chi connectivity index (χ1) is 15.1. The van der Waals surface area contributed by atoms with E-state index in [4.69, 9.17) is 13.9 Å². The molecule has 0 saturated carbocycles. The summed E-state index contributed by atoms with van der Waals surface area (Å²) in [7, 11) is 5.08. The summed E-state index contributed by atoms with van der Waals surface area (Å²) in [5.41, 5.74) is 1.10. The smallest absolute Gasteiger partial charge is 0.239 e. The van der Waals surface area contributed by atoms with Gasteiger partial charge in [0.15, 0.2) is 5.96 Å². The number of piperazine rings is 1. The van der Waals surface area contributed by atoms with E-state index in [1.54, 1.807) is 33.6 Å². The first-order valence-electron chi connectivity index (χ1n) is 10.3. The maximum Gasteiger partial charge on any atom is 0.239 e. The van der Waals surface area contributed by atoms with Gasteiger partial charge in [-0.2, -0.15) is 0 Å². The second kappa shape index (κ2) is 13.2. The van der Waals surface area contributed by atoms with Gasteiger partial charge in [-0.1, -0.05) is 0 Å². The number of benzene rings is 1. The van der Waals surface area contributed by atoms with Gasteiger partial charge in [-0.05, 0) is 30.3 Å². The zero-order valence-electron chi connectivity index (χ0n) is 18.8. The molecule has 0 radical (unpaired) electrons. The predicted octanol–water partition coefficient (Wildman–Crippen LogP) is 1.92. The van der Waals surface area contributed by atoms with Crippen molar-refractivity contribution in [2.75, 3.05) is 54.0 Å². The Labute approximate surface area is 206 Å². The van der Waals surface area contributed by atoms with E-state index in [0.717, 1.165) is 61.5 Å². The SMILES string of the molecule is CN=C(NCC(=O)NCc1ccco1)N1CCN(Cc2cc(OC)ccc2OC)CC1.I. The van der Waals surface area contributed by atoms with E-state index >= 15 is 0 Å². The van der Waals surface area contributed by atoms with E-state index in [0.29, 0.717) is 6.54 Å². The number of hydrogen-bond acceptors (Lipinski definition) is 6. The summed E-state index contributed by atoms with van der Waals surface area (Å²) in [6, 6.07) is 9.49. The number of methoxy groups -OCH3 is 2. The van der Waals surface area contributed by atoms with Crippen LogP contribution in [0.1, 0.15) is 11.3 Å². The third-order valence-electron chi connectivity index (χ3n) is 5.21. The van der Waals surface area contributed by atoms with Crippen molar-refractivity contribution in [2.24, 2.45) is 4.99 Å². The maximum absolute atomic E-state index is 12.1. The molecule has 2 aromatic rings. The minimum Gasteiger partial charge on any atom is -0.497 e. The molecule has 10 heteroatoms. The van der Waals surface area contributed by atoms with Crippen molar-refractivity contribution in [1.82, 2.24) is 20.4 Å². The number of rotatable bonds is 8. The molecule has 0 spiro atoms. The molecular formula is C22H32IN5O4. The van der Waals surface area contributed by atoms with Crippen molar-refractivity contribution in [1.29, 1.82) is 0 Å². The monoisotopic (exact) mass is 557 g/mol. The largest absolute Gasteiger partial charge is 0.497 e. The van der Waals surface area contributed by atoms with Crippen molar-refractivity contribution in [2.45, 2.75) is 13.1 Å². The topological polar surface area (TPSA) is 91.6 Å². The van der Waals surface area contributed by atoms with Gasteiger partial charge in [-0.3, -0.25) is 14.7 Å². The van der Waals surface area contributed by atoms with Gasteiger partial charge in [-0.15, -0.1) is 24.0 Å². The Balaban J connectivity index is 0.00000363. The molecule has 3 rings (SSSR count). The standard InChI is InChI=1S/C22H31N5O4.HI/c1-23-22(25-15-21(28)24-14-19-5-4-12-31-19)27-10-8-26(9-11-27)16-17-13-18(29-2)6-7-20(17)30-3;/h4-7,12-13H,8-11,14-16H2,1-3H3,(H,23,25)(H,24,28);1H. The van der Waals surface area contributed by atoms with Gasteiger partial charge >= 0.3 is 0 Å². The normalized spacial score (nSPS) is 14.5. The molecule has 1 fully saturated rings. The Morgan fingerprint density at radius 2 is 1.91 bits per heavy atom. The number of guanidine groups is 1. The number of ether oxygens (including phenoxy) is 2. The fourth-order valence-electron chi connectivity index (χ4n) is 3.52. The summed E-state index contributed by atoms with van der Waals surface area (Å²) in [5.74, 6) is 3.03. The number of hydrogen-bond donors (Lipinski definition) is 2. The number of carbonyl (C=O) groups is 1. The van der Waals surface area contributed by atoms with Crippen molar-refractivity contribution in [3.8, 4) is 11.5 Å². The van der Waals surface area contributed by atoms with Crippen molar-refractivity contribution >= 4 is 35.8 Å². The van der Waals surface area contributed by atoms with Gasteiger partial charge in [0.2, 0.25) is 5.91 Å². The van der Waals surface area contributed by atoms with Gasteiger partial charge in [0.05, 0.1) is 33.6 Å². The van der Waals surface area contributed by atoms with Crippen LogP contribution in [0.3, 0.4) is 0 Å². The van der Waals surface area contributed by atoms with Crippen LogP contribution in [-0.2, 0) is 17.9 Å². The van der Waals surface area contributed by atoms with Crippen LogP contribution in [0.5, 0.6) is 11.5 Å². The van der Waals surface area contributed by atoms with Gasteiger partial charge in [0.25, 0.3) is 0 Å². The van der Waals surface area contributed by atoms with Crippen LogP contribution in [0, 0.1) is 0 Å². The maximum atomic E-state index is 12.1. The minimum atomic E-state index is -0.110. The van der Waals surface area contributed by atoms with Crippen LogP contribution >= 0.6 is 24.0 Å². The molecule has 1 amide bonds. The lowest BCUT2D eigenvalue weighted by molar-refractivity contribution is -0.120. The second-order valence-electron chi connectivity index (χ2n) is 7.20. The van der Waals surface area contributed by atoms with Crippen molar-refractivity contribution in [3.05, 3.63) is 47.9 Å². The Morgan fingerprint density at radius 1 is 1.12 bits per heavy atom. The molecule has 176 valence electrons. The summed E-state index contributed by atoms with van der Waals surface area (Å²) in [6.07, 6.45) is 1.59. The van der Waals surface area contributed by atoms with Gasteiger partial charge < -0.3 is 29.4 Å². The van der Waals surface area contributed by atoms with Gasteiger partial charge in [0.1, 0.15) is 17.3 Å². The third kappa shape index (κ3) is 7.30. The molecule has 1 aliphatic heterocycles. The minimum absolute atomic E-state index is 0. The van der Waals surface area contributed by atoms with E-state index in [-0.39, 0.29) is 36.4 Å². The number of aliphatic imine (C=N–C) groups is 1. The number of halogens is 1. The number of nitrogens with one attached hydrogen (secondary N) is 2. The zero-order valence-corrected chi connectivity index (χ0v) is 21.1. The predicted molar refractivity (Wildman–Crippen MR) is 134 cm³/mol. The van der Waals surface area contributed by atoms with Crippen LogP contribution in [0.2, 0.25) is 0 Å². The highest BCUT2D eigenvalue weighted by Crippen LogP contribution is 2.25. The third-order valence-corrected chi connectivity index (χ3v) is 5.21. The lowest BCUT2D eigenvalue weighted by Crippen LogP contribution is -2.53. The highest BCUT2D eigenvalue weighted by atomic mass is 127. The number of carbonyl (C=O) groups excluding carboxylic acids is 1. The van der Waals surface area contributed by atoms with Crippen molar-refractivity contribution < 1.29 is 18.7 Å². The lowest BCUT2D eigenvalue weighted by atomic mass is 10.1. The summed E-state index contributed by atoms with van der Waals surface area (Å²) in [4.78, 5) is 21.0. The first-order valence-corrected chi connectivity index (χ1v) is 10.3. The molecule has 0 aliphatic carbocycles. The molecule has 1 aromatic heterocycles. The summed E-state index contributed by atoms with van der Waals surface area (Å²) in [5, 5.41) is 5.97. The van der Waals surface area contributed by atoms with Crippen LogP contribution in [0.15, 0.2) is 46.0 Å². The van der Waals surface area contributed by atoms with Crippen LogP contribution < -0.4 is 20.1 Å². The molecule has 0 atom stereocenters. The number of furan rings is 1. The average molecular weight is 557 g/mol. The molecule has 1 aliphatic rings. The average Bonchev–Trinajstić information content (AvgIpc) is 3.33. The van der Waals surface area contributed by atoms with Crippen molar-refractivity contribution in [3.63, 3.8) is 0 Å². The second-order valence-corrected chi connectivity index (χ2v) is 7.20. The van der Waals surface area contributed by atoms with E-state index < -0.39 is 0 Å². The van der Waals surface area contributed by atoms with Crippen LogP contribution in [-0.4, -0.2) is 75.7 Å². The molecular weight excluding hydrogens is 525 g/mol. The van der Waals surface area contributed by atoms with Gasteiger partial charge in [0, 0.05) is 45.3 Å². The van der Waals surface area contributed by atoms with Crippen LogP contribution in [0.4, 0.5) is 0 Å². The van der Waals surface area contributed by atoms with Crippen LogP contribution in [0.25, 0.3) is 0 Å². The van der Waals surface area contributed by atoms with E-state index in [1.807, 2.05) is 24.3 Å². The fourth-order valence-corrected chi connectivity index (χ4v) is 3.52. The van der Waals surface area contributed by atoms with E-state index in [9.17, 15) is 4.79 Å². The summed E-state index contributed by atoms with van der Waals surface area (Å²) in [6.45, 7) is 4.72. The Hall–Kier alpha value is -2.47. The molecule has 32 heavy (non-hydrogen) atoms. The van der Waals surface area contributed by atoms with E-state index in [2.05, 4.69) is 25.4 Å². The molecule has 9 nitrogen and oxygen atoms in total. The Bertz CT molecular complexity index is 867. The zero-order chi connectivity index (χ0) is 22.1. The van der Waals surface area contributed by atoms with Gasteiger partial charge in [-0.25, -0.2) is 0 Å². The fraction of sp³-hybridized carbons (Fsp3) is 0.455. The molecule has 1 saturated heterocycles. The molecule has 0 unspecified atom stereocenters. The highest BCUT2D eigenvalue weighted by Gasteiger charge is 2.21. The first kappa shape index (κ1) is 25.8. The molecule has 2 heterocycles.